The van der Waals surface area contributed by atoms with E-state index >= 15 is 0 Å². The Bertz CT molecular complexity index is 596. The second kappa shape index (κ2) is 6.39. The topological polar surface area (TPSA) is 81.2 Å². The minimum absolute atomic E-state index is 0.260. The Labute approximate surface area is 129 Å². The van der Waals surface area contributed by atoms with Gasteiger partial charge in [0.05, 0.1) is 27.8 Å². The fraction of sp³-hybridized carbons (Fsp3) is 0.167. The highest BCUT2D eigenvalue weighted by atomic mass is 35.5. The molecule has 8 heteroatoms. The summed E-state index contributed by atoms with van der Waals surface area (Å²) in [5, 5.41) is 3.37. The number of nitrogens with one attached hydrogen (secondary N) is 1. The van der Waals surface area contributed by atoms with Gasteiger partial charge in [0.1, 0.15) is 6.26 Å². The smallest absolute Gasteiger partial charge is 0.256 e. The Morgan fingerprint density at radius 2 is 2.25 bits per heavy atom. The van der Waals surface area contributed by atoms with E-state index in [-0.39, 0.29) is 10.9 Å². The highest BCUT2D eigenvalue weighted by molar-refractivity contribution is 8.00. The molecular formula is C12H11Cl2N3O2S. The molecule has 0 radical (unpaired) electrons. The molecule has 106 valence electrons. The number of rotatable bonds is 4. The molecule has 2 rings (SSSR count). The number of benzene rings is 1. The second-order valence-electron chi connectivity index (χ2n) is 3.90. The molecule has 1 heterocycles. The van der Waals surface area contributed by atoms with Crippen LogP contribution in [-0.4, -0.2) is 16.1 Å². The molecule has 1 amide bonds. The Hall–Kier alpha value is -1.37. The summed E-state index contributed by atoms with van der Waals surface area (Å²) in [6.07, 6.45) is 2.96. The first-order valence-electron chi connectivity index (χ1n) is 5.59. The zero-order valence-electron chi connectivity index (χ0n) is 10.4. The standard InChI is InChI=1S/C12H11Cl2N3O2S/c1-6(20-12-16-2-3-19-12)11(18)17-10-8(14)4-7(13)5-9(10)15/h2-6H,15H2,1H3,(H,17,18). The lowest BCUT2D eigenvalue weighted by atomic mass is 10.2. The monoisotopic (exact) mass is 331 g/mol. The fourth-order valence-corrected chi connectivity index (χ4v) is 2.68. The van der Waals surface area contributed by atoms with Gasteiger partial charge in [0, 0.05) is 5.02 Å². The van der Waals surface area contributed by atoms with Crippen molar-refractivity contribution >= 4 is 52.2 Å². The zero-order chi connectivity index (χ0) is 14.7. The molecule has 2 aromatic rings. The third-order valence-electron chi connectivity index (χ3n) is 2.39. The number of carbonyl (C=O) groups excluding carboxylic acids is 1. The van der Waals surface area contributed by atoms with Crippen molar-refractivity contribution < 1.29 is 9.21 Å². The maximum Gasteiger partial charge on any atom is 0.256 e. The Kier molecular flexibility index (Phi) is 4.80. The van der Waals surface area contributed by atoms with Gasteiger partial charge in [-0.25, -0.2) is 4.98 Å². The molecule has 1 atom stereocenters. The predicted octanol–water partition coefficient (Wildman–Crippen LogP) is 3.68. The summed E-state index contributed by atoms with van der Waals surface area (Å²) >= 11 is 13.0. The number of carbonyl (C=O) groups is 1. The average Bonchev–Trinajstić information content (AvgIpc) is 2.86. The molecule has 1 aromatic heterocycles. The number of aromatic nitrogens is 1. The Morgan fingerprint density at radius 1 is 1.50 bits per heavy atom. The number of hydrogen-bond donors (Lipinski definition) is 2. The lowest BCUT2D eigenvalue weighted by Gasteiger charge is -2.13. The van der Waals surface area contributed by atoms with E-state index in [1.807, 2.05) is 0 Å². The van der Waals surface area contributed by atoms with Crippen LogP contribution in [0.25, 0.3) is 0 Å². The van der Waals surface area contributed by atoms with Crippen LogP contribution in [0.1, 0.15) is 6.92 Å². The van der Waals surface area contributed by atoms with Gasteiger partial charge in [-0.3, -0.25) is 4.79 Å². The first-order valence-corrected chi connectivity index (χ1v) is 7.22. The average molecular weight is 332 g/mol. The third kappa shape index (κ3) is 3.59. The van der Waals surface area contributed by atoms with E-state index in [9.17, 15) is 4.79 Å². The van der Waals surface area contributed by atoms with Crippen LogP contribution in [0, 0.1) is 0 Å². The van der Waals surface area contributed by atoms with Gasteiger partial charge in [0.25, 0.3) is 5.22 Å². The summed E-state index contributed by atoms with van der Waals surface area (Å²) < 4.78 is 5.07. The number of oxazole rings is 1. The van der Waals surface area contributed by atoms with Crippen LogP contribution in [0.15, 0.2) is 34.2 Å². The van der Waals surface area contributed by atoms with Crippen LogP contribution in [-0.2, 0) is 4.79 Å². The number of hydrogen-bond acceptors (Lipinski definition) is 5. The quantitative estimate of drug-likeness (QED) is 0.659. The van der Waals surface area contributed by atoms with Crippen molar-refractivity contribution in [3.8, 4) is 0 Å². The number of nitrogen functional groups attached to an aromatic ring is 1. The van der Waals surface area contributed by atoms with Crippen LogP contribution >= 0.6 is 35.0 Å². The van der Waals surface area contributed by atoms with Gasteiger partial charge in [0.2, 0.25) is 5.91 Å². The Balaban J connectivity index is 2.08. The lowest BCUT2D eigenvalue weighted by Crippen LogP contribution is -2.23. The lowest BCUT2D eigenvalue weighted by molar-refractivity contribution is -0.115. The number of amides is 1. The molecule has 0 aliphatic heterocycles. The van der Waals surface area contributed by atoms with Gasteiger partial charge < -0.3 is 15.5 Å². The molecule has 0 saturated heterocycles. The molecule has 0 aliphatic carbocycles. The van der Waals surface area contributed by atoms with E-state index in [0.717, 1.165) is 0 Å². The minimum Gasteiger partial charge on any atom is -0.440 e. The summed E-state index contributed by atoms with van der Waals surface area (Å²) in [6.45, 7) is 1.73. The fourth-order valence-electron chi connectivity index (χ4n) is 1.42. The molecule has 1 unspecified atom stereocenters. The molecular weight excluding hydrogens is 321 g/mol. The molecule has 20 heavy (non-hydrogen) atoms. The number of nitrogens with zero attached hydrogens (tertiary/aromatic N) is 1. The van der Waals surface area contributed by atoms with E-state index < -0.39 is 5.25 Å². The van der Waals surface area contributed by atoms with Gasteiger partial charge in [-0.05, 0) is 19.1 Å². The van der Waals surface area contributed by atoms with Crippen LogP contribution in [0.4, 0.5) is 11.4 Å². The molecule has 0 fully saturated rings. The number of thioether (sulfide) groups is 1. The maximum atomic E-state index is 12.1. The van der Waals surface area contributed by atoms with Crippen molar-refractivity contribution in [2.75, 3.05) is 11.1 Å². The van der Waals surface area contributed by atoms with Crippen molar-refractivity contribution in [3.05, 3.63) is 34.6 Å². The molecule has 3 N–H and O–H groups in total. The van der Waals surface area contributed by atoms with Gasteiger partial charge in [-0.1, -0.05) is 35.0 Å². The van der Waals surface area contributed by atoms with E-state index in [1.54, 1.807) is 6.92 Å². The third-order valence-corrected chi connectivity index (χ3v) is 3.88. The van der Waals surface area contributed by atoms with Crippen LogP contribution < -0.4 is 11.1 Å². The van der Waals surface area contributed by atoms with E-state index in [4.69, 9.17) is 33.4 Å². The minimum atomic E-state index is -0.417. The van der Waals surface area contributed by atoms with Gasteiger partial charge in [-0.15, -0.1) is 0 Å². The first kappa shape index (κ1) is 15.0. The molecule has 1 aromatic carbocycles. The van der Waals surface area contributed by atoms with Crippen LogP contribution in [0.2, 0.25) is 10.0 Å². The highest BCUT2D eigenvalue weighted by Gasteiger charge is 2.19. The molecule has 0 bridgehead atoms. The van der Waals surface area contributed by atoms with Crippen molar-refractivity contribution in [1.82, 2.24) is 4.98 Å². The number of anilines is 2. The van der Waals surface area contributed by atoms with Crippen molar-refractivity contribution in [2.24, 2.45) is 0 Å². The molecule has 0 aliphatic rings. The normalized spacial score (nSPS) is 12.2. The summed E-state index contributed by atoms with van der Waals surface area (Å²) in [7, 11) is 0. The highest BCUT2D eigenvalue weighted by Crippen LogP contribution is 2.33. The number of halogens is 2. The summed E-state index contributed by atoms with van der Waals surface area (Å²) in [5.74, 6) is -0.260. The summed E-state index contributed by atoms with van der Waals surface area (Å²) in [6, 6.07) is 3.04. The molecule has 0 spiro atoms. The van der Waals surface area contributed by atoms with Gasteiger partial charge in [0.15, 0.2) is 0 Å². The maximum absolute atomic E-state index is 12.1. The SMILES string of the molecule is CC(Sc1ncco1)C(=O)Nc1c(N)cc(Cl)cc1Cl. The van der Waals surface area contributed by atoms with Gasteiger partial charge >= 0.3 is 0 Å². The van der Waals surface area contributed by atoms with E-state index in [1.165, 1.54) is 36.4 Å². The second-order valence-corrected chi connectivity index (χ2v) is 6.03. The van der Waals surface area contributed by atoms with Crippen LogP contribution in [0.5, 0.6) is 0 Å². The largest absolute Gasteiger partial charge is 0.440 e. The predicted molar refractivity (Wildman–Crippen MR) is 81.3 cm³/mol. The van der Waals surface area contributed by atoms with E-state index in [0.29, 0.717) is 21.6 Å². The zero-order valence-corrected chi connectivity index (χ0v) is 12.7. The Morgan fingerprint density at radius 3 is 2.85 bits per heavy atom. The van der Waals surface area contributed by atoms with E-state index in [2.05, 4.69) is 10.3 Å². The molecule has 0 saturated carbocycles. The van der Waals surface area contributed by atoms with Crippen molar-refractivity contribution in [1.29, 1.82) is 0 Å². The molecule has 5 nitrogen and oxygen atoms in total. The van der Waals surface area contributed by atoms with Crippen LogP contribution in [0.3, 0.4) is 0 Å². The first-order chi connectivity index (χ1) is 9.47. The summed E-state index contributed by atoms with van der Waals surface area (Å²) in [4.78, 5) is 16.0. The number of nitrogens with two attached hydrogens (primary N) is 1. The van der Waals surface area contributed by atoms with Gasteiger partial charge in [-0.2, -0.15) is 0 Å². The van der Waals surface area contributed by atoms with Crippen molar-refractivity contribution in [3.63, 3.8) is 0 Å². The summed E-state index contributed by atoms with van der Waals surface area (Å²) in [5.41, 5.74) is 6.44. The van der Waals surface area contributed by atoms with Crippen molar-refractivity contribution in [2.45, 2.75) is 17.4 Å².